The number of azide groups is 1. The number of ketones is 1. The molecule has 7 nitrogen and oxygen atoms in total. The number of nitrogens with zero attached hydrogens (tertiary/aromatic N) is 3. The second-order valence-electron chi connectivity index (χ2n) is 4.14. The maximum absolute atomic E-state index is 11.9. The molecule has 1 N–H and O–H groups in total. The van der Waals surface area contributed by atoms with Crippen LogP contribution in [0.1, 0.15) is 30.1 Å². The minimum atomic E-state index is -3.56. The molecule has 0 aliphatic carbocycles. The van der Waals surface area contributed by atoms with Gasteiger partial charge in [0.25, 0.3) is 0 Å². The van der Waals surface area contributed by atoms with Crippen molar-refractivity contribution >= 4 is 15.8 Å². The van der Waals surface area contributed by atoms with Gasteiger partial charge in [0.1, 0.15) is 0 Å². The molecule has 0 aromatic heterocycles. The predicted molar refractivity (Wildman–Crippen MR) is 74.9 cm³/mol. The number of carbonyl (C=O) groups is 1. The number of unbranched alkanes of at least 4 members (excludes halogenated alkanes) is 1. The Morgan fingerprint density at radius 3 is 2.50 bits per heavy atom. The van der Waals surface area contributed by atoms with Gasteiger partial charge in [-0.05, 0) is 37.4 Å². The Kier molecular flexibility index (Phi) is 6.17. The third-order valence-corrected chi connectivity index (χ3v) is 4.09. The van der Waals surface area contributed by atoms with E-state index in [-0.39, 0.29) is 17.2 Å². The van der Waals surface area contributed by atoms with Crippen LogP contribution in [0.3, 0.4) is 0 Å². The zero-order valence-corrected chi connectivity index (χ0v) is 11.9. The fourth-order valence-corrected chi connectivity index (χ4v) is 2.59. The first kappa shape index (κ1) is 16.2. The van der Waals surface area contributed by atoms with Crippen LogP contribution in [0.5, 0.6) is 0 Å². The van der Waals surface area contributed by atoms with Crippen molar-refractivity contribution in [1.82, 2.24) is 4.72 Å². The first-order valence-corrected chi connectivity index (χ1v) is 7.57. The molecule has 20 heavy (non-hydrogen) atoms. The second-order valence-corrected chi connectivity index (χ2v) is 5.91. The number of sulfonamides is 1. The molecule has 8 heteroatoms. The lowest BCUT2D eigenvalue weighted by Crippen LogP contribution is -2.24. The highest BCUT2D eigenvalue weighted by molar-refractivity contribution is 7.89. The van der Waals surface area contributed by atoms with Gasteiger partial charge in [-0.3, -0.25) is 4.79 Å². The summed E-state index contributed by atoms with van der Waals surface area (Å²) in [6.45, 7) is 2.05. The molecule has 1 rings (SSSR count). The second kappa shape index (κ2) is 7.64. The molecule has 0 heterocycles. The molecular weight excluding hydrogens is 280 g/mol. The Hall–Kier alpha value is -1.89. The van der Waals surface area contributed by atoms with Crippen LogP contribution in [0.15, 0.2) is 34.3 Å². The van der Waals surface area contributed by atoms with E-state index in [1.807, 2.05) is 0 Å². The van der Waals surface area contributed by atoms with E-state index >= 15 is 0 Å². The van der Waals surface area contributed by atoms with Crippen molar-refractivity contribution in [2.24, 2.45) is 5.11 Å². The smallest absolute Gasteiger partial charge is 0.240 e. The minimum absolute atomic E-state index is 0.111. The average Bonchev–Trinajstić information content (AvgIpc) is 2.43. The summed E-state index contributed by atoms with van der Waals surface area (Å²) in [4.78, 5) is 13.8. The quantitative estimate of drug-likeness (QED) is 0.261. The molecule has 1 aromatic rings. The van der Waals surface area contributed by atoms with Crippen molar-refractivity contribution in [1.29, 1.82) is 0 Å². The van der Waals surface area contributed by atoms with Gasteiger partial charge in [-0.25, -0.2) is 13.1 Å². The van der Waals surface area contributed by atoms with Crippen LogP contribution in [0.25, 0.3) is 10.4 Å². The van der Waals surface area contributed by atoms with Gasteiger partial charge < -0.3 is 0 Å². The average molecular weight is 296 g/mol. The summed E-state index contributed by atoms with van der Waals surface area (Å²) < 4.78 is 26.3. The highest BCUT2D eigenvalue weighted by Crippen LogP contribution is 2.11. The summed E-state index contributed by atoms with van der Waals surface area (Å²) in [5, 5.41) is 3.36. The molecule has 0 saturated carbocycles. The Morgan fingerprint density at radius 1 is 1.30 bits per heavy atom. The molecule has 0 aliphatic heterocycles. The van der Waals surface area contributed by atoms with Crippen LogP contribution in [0.2, 0.25) is 0 Å². The molecule has 0 radical (unpaired) electrons. The van der Waals surface area contributed by atoms with Crippen LogP contribution in [0.4, 0.5) is 0 Å². The van der Waals surface area contributed by atoms with Gasteiger partial charge in [-0.15, -0.1) is 0 Å². The molecule has 0 unspecified atom stereocenters. The van der Waals surface area contributed by atoms with Crippen LogP contribution in [0, 0.1) is 0 Å². The number of Topliss-reactive ketones (excluding diaryl/α,β-unsaturated/α-hetero) is 1. The van der Waals surface area contributed by atoms with Crippen molar-refractivity contribution in [2.75, 3.05) is 13.1 Å². The zero-order chi connectivity index (χ0) is 15.0. The van der Waals surface area contributed by atoms with Crippen LogP contribution in [-0.2, 0) is 10.0 Å². The number of hydrogen-bond donors (Lipinski definition) is 1. The van der Waals surface area contributed by atoms with E-state index in [1.165, 1.54) is 31.2 Å². The normalized spacial score (nSPS) is 10.8. The topological polar surface area (TPSA) is 112 Å². The number of benzene rings is 1. The molecule has 0 aliphatic rings. The van der Waals surface area contributed by atoms with E-state index in [1.54, 1.807) is 0 Å². The SMILES string of the molecule is CC(=O)c1ccc(S(=O)(=O)NCCCCN=[N+]=[N-])cc1. The van der Waals surface area contributed by atoms with E-state index in [4.69, 9.17) is 5.53 Å². The summed E-state index contributed by atoms with van der Waals surface area (Å²) in [6.07, 6.45) is 1.21. The molecule has 0 saturated heterocycles. The fourth-order valence-electron chi connectivity index (χ4n) is 1.51. The Morgan fingerprint density at radius 2 is 1.95 bits per heavy atom. The maximum Gasteiger partial charge on any atom is 0.240 e. The monoisotopic (exact) mass is 296 g/mol. The highest BCUT2D eigenvalue weighted by Gasteiger charge is 2.13. The van der Waals surface area contributed by atoms with Gasteiger partial charge in [-0.1, -0.05) is 17.2 Å². The summed E-state index contributed by atoms with van der Waals surface area (Å²) in [5.41, 5.74) is 8.56. The van der Waals surface area contributed by atoms with Crippen LogP contribution >= 0.6 is 0 Å². The van der Waals surface area contributed by atoms with Gasteiger partial charge in [0, 0.05) is 23.6 Å². The summed E-state index contributed by atoms with van der Waals surface area (Å²) in [7, 11) is -3.56. The molecule has 0 bridgehead atoms. The highest BCUT2D eigenvalue weighted by atomic mass is 32.2. The Labute approximate surface area is 117 Å². The first-order valence-electron chi connectivity index (χ1n) is 6.09. The van der Waals surface area contributed by atoms with E-state index in [2.05, 4.69) is 14.7 Å². The number of rotatable bonds is 8. The number of hydrogen-bond acceptors (Lipinski definition) is 4. The number of carbonyl (C=O) groups excluding carboxylic acids is 1. The zero-order valence-electron chi connectivity index (χ0n) is 11.1. The summed E-state index contributed by atoms with van der Waals surface area (Å²) in [5.74, 6) is -0.111. The molecular formula is C12H16N4O3S. The van der Waals surface area contributed by atoms with Crippen LogP contribution in [-0.4, -0.2) is 27.3 Å². The molecule has 0 atom stereocenters. The third-order valence-electron chi connectivity index (χ3n) is 2.61. The lowest BCUT2D eigenvalue weighted by Gasteiger charge is -2.06. The van der Waals surface area contributed by atoms with E-state index < -0.39 is 10.0 Å². The first-order chi connectivity index (χ1) is 9.47. The van der Waals surface area contributed by atoms with Gasteiger partial charge in [0.15, 0.2) is 5.78 Å². The fraction of sp³-hybridized carbons (Fsp3) is 0.417. The molecule has 0 spiro atoms. The summed E-state index contributed by atoms with van der Waals surface area (Å²) in [6, 6.07) is 5.77. The van der Waals surface area contributed by atoms with Gasteiger partial charge >= 0.3 is 0 Å². The number of nitrogens with one attached hydrogen (secondary N) is 1. The van der Waals surface area contributed by atoms with E-state index in [0.717, 1.165) is 0 Å². The molecule has 0 amide bonds. The van der Waals surface area contributed by atoms with Crippen LogP contribution < -0.4 is 4.72 Å². The largest absolute Gasteiger partial charge is 0.295 e. The molecule has 108 valence electrons. The predicted octanol–water partition coefficient (Wildman–Crippen LogP) is 2.26. The van der Waals surface area contributed by atoms with E-state index in [9.17, 15) is 13.2 Å². The van der Waals surface area contributed by atoms with E-state index in [0.29, 0.717) is 24.9 Å². The van der Waals surface area contributed by atoms with Crippen molar-refractivity contribution in [3.05, 3.63) is 40.3 Å². The third kappa shape index (κ3) is 5.00. The van der Waals surface area contributed by atoms with Crippen molar-refractivity contribution in [3.63, 3.8) is 0 Å². The van der Waals surface area contributed by atoms with Crippen molar-refractivity contribution < 1.29 is 13.2 Å². The van der Waals surface area contributed by atoms with Crippen molar-refractivity contribution in [3.8, 4) is 0 Å². The standard InChI is InChI=1S/C12H16N4O3S/c1-10(17)11-4-6-12(7-5-11)20(18,19)15-9-3-2-8-14-16-13/h4-7,15H,2-3,8-9H2,1H3. The summed E-state index contributed by atoms with van der Waals surface area (Å²) >= 11 is 0. The lowest BCUT2D eigenvalue weighted by molar-refractivity contribution is 0.101. The maximum atomic E-state index is 11.9. The van der Waals surface area contributed by atoms with Crippen molar-refractivity contribution in [2.45, 2.75) is 24.7 Å². The van der Waals surface area contributed by atoms with Gasteiger partial charge in [0.05, 0.1) is 4.90 Å². The molecule has 0 fully saturated rings. The van der Waals surface area contributed by atoms with Gasteiger partial charge in [0.2, 0.25) is 10.0 Å². The van der Waals surface area contributed by atoms with Gasteiger partial charge in [-0.2, -0.15) is 0 Å². The Balaban J connectivity index is 2.55. The lowest BCUT2D eigenvalue weighted by atomic mass is 10.2. The molecule has 1 aromatic carbocycles. The minimum Gasteiger partial charge on any atom is -0.295 e. The Bertz CT molecular complexity index is 604.